The van der Waals surface area contributed by atoms with Crippen molar-refractivity contribution in [3.63, 3.8) is 0 Å². The molecule has 0 atom stereocenters. The summed E-state index contributed by atoms with van der Waals surface area (Å²) in [5, 5.41) is 13.2. The SMILES string of the molecule is Clc1ccc(Nc2ncnc3c2cnn3C2CCNCC2)c(Cl)c1. The molecule has 0 saturated carbocycles. The maximum absolute atomic E-state index is 6.24. The second-order valence-corrected chi connectivity index (χ2v) is 6.62. The molecule has 0 amide bonds. The topological polar surface area (TPSA) is 67.7 Å². The molecule has 2 aromatic heterocycles. The van der Waals surface area contributed by atoms with Crippen LogP contribution in [-0.4, -0.2) is 32.8 Å². The standard InChI is InChI=1S/C16H16Cl2N6/c17-10-1-2-14(13(18)7-10)23-15-12-8-22-24(16(12)21-9-20-15)11-3-5-19-6-4-11/h1-2,7-9,11,19H,3-6H2,(H,20,21,23). The Morgan fingerprint density at radius 3 is 2.79 bits per heavy atom. The Morgan fingerprint density at radius 1 is 1.17 bits per heavy atom. The van der Waals surface area contributed by atoms with Crippen LogP contribution < -0.4 is 10.6 Å². The lowest BCUT2D eigenvalue weighted by molar-refractivity contribution is 0.349. The van der Waals surface area contributed by atoms with Crippen molar-refractivity contribution in [1.82, 2.24) is 25.1 Å². The quantitative estimate of drug-likeness (QED) is 0.741. The highest BCUT2D eigenvalue weighted by Gasteiger charge is 2.20. The first-order valence-corrected chi connectivity index (χ1v) is 8.59. The van der Waals surface area contributed by atoms with Gasteiger partial charge in [-0.25, -0.2) is 14.6 Å². The van der Waals surface area contributed by atoms with Crippen LogP contribution in [-0.2, 0) is 0 Å². The zero-order valence-corrected chi connectivity index (χ0v) is 14.3. The number of fused-ring (bicyclic) bond motifs is 1. The van der Waals surface area contributed by atoms with Gasteiger partial charge in [-0.15, -0.1) is 0 Å². The van der Waals surface area contributed by atoms with Gasteiger partial charge in [0.2, 0.25) is 0 Å². The van der Waals surface area contributed by atoms with Gasteiger partial charge in [-0.05, 0) is 44.1 Å². The molecule has 0 aliphatic carbocycles. The van der Waals surface area contributed by atoms with Gasteiger partial charge in [-0.1, -0.05) is 23.2 Å². The molecule has 1 aliphatic rings. The molecule has 1 aromatic carbocycles. The van der Waals surface area contributed by atoms with Gasteiger partial charge < -0.3 is 10.6 Å². The van der Waals surface area contributed by atoms with E-state index in [1.165, 1.54) is 0 Å². The molecule has 0 bridgehead atoms. The molecule has 0 unspecified atom stereocenters. The Bertz CT molecular complexity index is 872. The number of hydrogen-bond donors (Lipinski definition) is 2. The molecular weight excluding hydrogens is 347 g/mol. The minimum absolute atomic E-state index is 0.366. The third-order valence-corrected chi connectivity index (χ3v) is 4.78. The largest absolute Gasteiger partial charge is 0.338 e. The van der Waals surface area contributed by atoms with E-state index in [0.717, 1.165) is 42.7 Å². The van der Waals surface area contributed by atoms with Gasteiger partial charge in [-0.3, -0.25) is 0 Å². The summed E-state index contributed by atoms with van der Waals surface area (Å²) in [6, 6.07) is 5.68. The van der Waals surface area contributed by atoms with Crippen molar-refractivity contribution >= 4 is 45.7 Å². The molecule has 6 nitrogen and oxygen atoms in total. The predicted octanol–water partition coefficient (Wildman–Crippen LogP) is 3.80. The summed E-state index contributed by atoms with van der Waals surface area (Å²) >= 11 is 12.2. The fourth-order valence-electron chi connectivity index (χ4n) is 3.00. The summed E-state index contributed by atoms with van der Waals surface area (Å²) in [7, 11) is 0. The zero-order valence-electron chi connectivity index (χ0n) is 12.8. The lowest BCUT2D eigenvalue weighted by Gasteiger charge is -2.23. The molecule has 124 valence electrons. The van der Waals surface area contributed by atoms with Crippen LogP contribution in [0.4, 0.5) is 11.5 Å². The Kier molecular flexibility index (Phi) is 4.26. The van der Waals surface area contributed by atoms with E-state index in [4.69, 9.17) is 23.2 Å². The van der Waals surface area contributed by atoms with E-state index in [1.807, 2.05) is 16.9 Å². The molecule has 3 aromatic rings. The highest BCUT2D eigenvalue weighted by atomic mass is 35.5. The van der Waals surface area contributed by atoms with E-state index in [1.54, 1.807) is 18.5 Å². The van der Waals surface area contributed by atoms with E-state index in [2.05, 4.69) is 25.7 Å². The Labute approximate surface area is 149 Å². The van der Waals surface area contributed by atoms with Crippen molar-refractivity contribution < 1.29 is 0 Å². The van der Waals surface area contributed by atoms with Gasteiger partial charge in [0.15, 0.2) is 5.65 Å². The van der Waals surface area contributed by atoms with Crippen molar-refractivity contribution in [3.8, 4) is 0 Å². The molecule has 8 heteroatoms. The number of nitrogens with zero attached hydrogens (tertiary/aromatic N) is 4. The van der Waals surface area contributed by atoms with E-state index >= 15 is 0 Å². The molecule has 1 fully saturated rings. The van der Waals surface area contributed by atoms with Gasteiger partial charge in [0.05, 0.1) is 28.3 Å². The van der Waals surface area contributed by atoms with Crippen LogP contribution in [0.2, 0.25) is 10.0 Å². The summed E-state index contributed by atoms with van der Waals surface area (Å²) in [4.78, 5) is 8.77. The minimum atomic E-state index is 0.366. The molecule has 1 aliphatic heterocycles. The number of nitrogens with one attached hydrogen (secondary N) is 2. The number of hydrogen-bond acceptors (Lipinski definition) is 5. The van der Waals surface area contributed by atoms with Crippen molar-refractivity contribution in [2.45, 2.75) is 18.9 Å². The molecule has 3 heterocycles. The van der Waals surface area contributed by atoms with Gasteiger partial charge in [0, 0.05) is 5.02 Å². The number of piperidine rings is 1. The van der Waals surface area contributed by atoms with Crippen LogP contribution in [0, 0.1) is 0 Å². The molecule has 2 N–H and O–H groups in total. The zero-order chi connectivity index (χ0) is 16.5. The second-order valence-electron chi connectivity index (χ2n) is 5.78. The molecule has 0 radical (unpaired) electrons. The Balaban J connectivity index is 1.70. The molecule has 4 rings (SSSR count). The predicted molar refractivity (Wildman–Crippen MR) is 96.2 cm³/mol. The lowest BCUT2D eigenvalue weighted by atomic mass is 10.1. The number of aromatic nitrogens is 4. The monoisotopic (exact) mass is 362 g/mol. The fourth-order valence-corrected chi connectivity index (χ4v) is 3.45. The van der Waals surface area contributed by atoms with Crippen LogP contribution in [0.25, 0.3) is 11.0 Å². The van der Waals surface area contributed by atoms with Crippen LogP contribution in [0.15, 0.2) is 30.7 Å². The highest BCUT2D eigenvalue weighted by molar-refractivity contribution is 6.36. The molecule has 1 saturated heterocycles. The van der Waals surface area contributed by atoms with Crippen molar-refractivity contribution in [3.05, 3.63) is 40.8 Å². The van der Waals surface area contributed by atoms with E-state index in [9.17, 15) is 0 Å². The van der Waals surface area contributed by atoms with Crippen molar-refractivity contribution in [2.75, 3.05) is 18.4 Å². The Hall–Kier alpha value is -1.89. The van der Waals surface area contributed by atoms with Crippen molar-refractivity contribution in [2.24, 2.45) is 0 Å². The average Bonchev–Trinajstić information content (AvgIpc) is 3.03. The van der Waals surface area contributed by atoms with E-state index in [-0.39, 0.29) is 0 Å². The van der Waals surface area contributed by atoms with Crippen LogP contribution in [0.5, 0.6) is 0 Å². The number of halogens is 2. The smallest absolute Gasteiger partial charge is 0.163 e. The molecular formula is C16H16Cl2N6. The maximum Gasteiger partial charge on any atom is 0.163 e. The first-order valence-electron chi connectivity index (χ1n) is 7.83. The van der Waals surface area contributed by atoms with Gasteiger partial charge >= 0.3 is 0 Å². The number of benzene rings is 1. The second kappa shape index (κ2) is 6.55. The van der Waals surface area contributed by atoms with E-state index in [0.29, 0.717) is 21.9 Å². The summed E-state index contributed by atoms with van der Waals surface area (Å²) in [6.07, 6.45) is 5.45. The highest BCUT2D eigenvalue weighted by Crippen LogP contribution is 2.31. The average molecular weight is 363 g/mol. The summed E-state index contributed by atoms with van der Waals surface area (Å²) in [5.74, 6) is 0.685. The first kappa shape index (κ1) is 15.6. The summed E-state index contributed by atoms with van der Waals surface area (Å²) in [5.41, 5.74) is 1.58. The maximum atomic E-state index is 6.24. The number of rotatable bonds is 3. The first-order chi connectivity index (χ1) is 11.7. The fraction of sp³-hybridized carbons (Fsp3) is 0.312. The molecule has 0 spiro atoms. The van der Waals surface area contributed by atoms with Crippen LogP contribution in [0.3, 0.4) is 0 Å². The van der Waals surface area contributed by atoms with Gasteiger partial charge in [-0.2, -0.15) is 5.10 Å². The van der Waals surface area contributed by atoms with E-state index < -0.39 is 0 Å². The summed E-state index contributed by atoms with van der Waals surface area (Å²) in [6.45, 7) is 2.01. The third kappa shape index (κ3) is 2.92. The van der Waals surface area contributed by atoms with Crippen LogP contribution >= 0.6 is 23.2 Å². The minimum Gasteiger partial charge on any atom is -0.338 e. The van der Waals surface area contributed by atoms with Crippen LogP contribution in [0.1, 0.15) is 18.9 Å². The normalized spacial score (nSPS) is 15.8. The lowest BCUT2D eigenvalue weighted by Crippen LogP contribution is -2.29. The number of anilines is 2. The Morgan fingerprint density at radius 2 is 2.00 bits per heavy atom. The third-order valence-electron chi connectivity index (χ3n) is 4.23. The van der Waals surface area contributed by atoms with Gasteiger partial charge in [0.25, 0.3) is 0 Å². The molecule has 24 heavy (non-hydrogen) atoms. The summed E-state index contributed by atoms with van der Waals surface area (Å²) < 4.78 is 2.01. The van der Waals surface area contributed by atoms with Crippen molar-refractivity contribution in [1.29, 1.82) is 0 Å². The van der Waals surface area contributed by atoms with Gasteiger partial charge in [0.1, 0.15) is 12.1 Å².